The normalized spacial score (nSPS) is 11.4. The molecule has 4 nitrogen and oxygen atoms in total. The van der Waals surface area contributed by atoms with Gasteiger partial charge in [-0.05, 0) is 37.6 Å². The van der Waals surface area contributed by atoms with Crippen molar-refractivity contribution in [2.75, 3.05) is 6.54 Å². The fraction of sp³-hybridized carbons (Fsp3) is 0.444. The van der Waals surface area contributed by atoms with Gasteiger partial charge in [0.25, 0.3) is 5.91 Å². The molecule has 0 spiro atoms. The molecule has 1 aromatic heterocycles. The number of carbonyl (C=O) groups is 1. The Bertz CT molecular complexity index is 327. The van der Waals surface area contributed by atoms with Crippen LogP contribution < -0.4 is 5.32 Å². The summed E-state index contributed by atoms with van der Waals surface area (Å²) in [6.45, 7) is 3.36. The van der Waals surface area contributed by atoms with Crippen LogP contribution in [0.3, 0.4) is 0 Å². The number of hydrogen-bond acceptors (Lipinski definition) is 3. The molecule has 0 saturated heterocycles. The Morgan fingerprint density at radius 3 is 2.71 bits per heavy atom. The number of rotatable bonds is 3. The van der Waals surface area contributed by atoms with Crippen molar-refractivity contribution in [1.29, 1.82) is 0 Å². The summed E-state index contributed by atoms with van der Waals surface area (Å²) in [6.07, 6.45) is 0. The van der Waals surface area contributed by atoms with E-state index in [1.165, 1.54) is 12.1 Å². The third-order valence-corrected chi connectivity index (χ3v) is 1.68. The zero-order valence-corrected chi connectivity index (χ0v) is 8.76. The van der Waals surface area contributed by atoms with E-state index >= 15 is 0 Å². The van der Waals surface area contributed by atoms with Crippen molar-refractivity contribution in [1.82, 2.24) is 5.32 Å². The Hall–Kier alpha value is -1.00. The van der Waals surface area contributed by atoms with Crippen LogP contribution in [0.4, 0.5) is 0 Å². The summed E-state index contributed by atoms with van der Waals surface area (Å²) < 4.78 is 4.88. The van der Waals surface area contributed by atoms with E-state index in [0.717, 1.165) is 0 Å². The van der Waals surface area contributed by atoms with E-state index in [2.05, 4.69) is 5.32 Å². The fourth-order valence-electron chi connectivity index (χ4n) is 0.820. The van der Waals surface area contributed by atoms with Crippen LogP contribution >= 0.6 is 11.6 Å². The monoisotopic (exact) mass is 217 g/mol. The quantitative estimate of drug-likeness (QED) is 0.805. The molecule has 0 saturated carbocycles. The lowest BCUT2D eigenvalue weighted by Crippen LogP contribution is -2.38. The zero-order valence-electron chi connectivity index (χ0n) is 8.00. The first kappa shape index (κ1) is 11.1. The van der Waals surface area contributed by atoms with Gasteiger partial charge in [-0.1, -0.05) is 0 Å². The minimum Gasteiger partial charge on any atom is -0.440 e. The van der Waals surface area contributed by atoms with Gasteiger partial charge in [0, 0.05) is 6.54 Å². The van der Waals surface area contributed by atoms with Crippen molar-refractivity contribution in [3.05, 3.63) is 23.1 Å². The van der Waals surface area contributed by atoms with Crippen LogP contribution in [0, 0.1) is 0 Å². The van der Waals surface area contributed by atoms with E-state index in [4.69, 9.17) is 16.0 Å². The molecule has 0 aliphatic rings. The molecular formula is C9H12ClNO3. The molecule has 1 aromatic rings. The molecule has 0 aliphatic carbocycles. The third-order valence-electron chi connectivity index (χ3n) is 1.48. The number of halogens is 1. The molecule has 1 heterocycles. The van der Waals surface area contributed by atoms with Gasteiger partial charge in [-0.15, -0.1) is 0 Å². The highest BCUT2D eigenvalue weighted by Crippen LogP contribution is 2.12. The van der Waals surface area contributed by atoms with Gasteiger partial charge in [0.1, 0.15) is 0 Å². The highest BCUT2D eigenvalue weighted by atomic mass is 35.5. The second-order valence-electron chi connectivity index (χ2n) is 3.60. The van der Waals surface area contributed by atoms with Crippen molar-refractivity contribution in [3.8, 4) is 0 Å². The number of nitrogens with one attached hydrogen (secondary N) is 1. The van der Waals surface area contributed by atoms with Gasteiger partial charge < -0.3 is 14.8 Å². The minimum atomic E-state index is -0.938. The van der Waals surface area contributed by atoms with Crippen LogP contribution in [-0.4, -0.2) is 23.2 Å². The van der Waals surface area contributed by atoms with Gasteiger partial charge in [0.15, 0.2) is 11.0 Å². The summed E-state index contributed by atoms with van der Waals surface area (Å²) >= 11 is 5.50. The van der Waals surface area contributed by atoms with E-state index in [-0.39, 0.29) is 23.4 Å². The molecule has 0 fully saturated rings. The molecular weight excluding hydrogens is 206 g/mol. The molecule has 0 unspecified atom stereocenters. The van der Waals surface area contributed by atoms with E-state index in [1.54, 1.807) is 13.8 Å². The lowest BCUT2D eigenvalue weighted by Gasteiger charge is -2.16. The van der Waals surface area contributed by atoms with Gasteiger partial charge >= 0.3 is 0 Å². The van der Waals surface area contributed by atoms with Gasteiger partial charge in [-0.3, -0.25) is 4.79 Å². The van der Waals surface area contributed by atoms with Crippen LogP contribution in [0.1, 0.15) is 24.4 Å². The average molecular weight is 218 g/mol. The van der Waals surface area contributed by atoms with Crippen LogP contribution in [0.15, 0.2) is 16.5 Å². The van der Waals surface area contributed by atoms with Gasteiger partial charge in [0.2, 0.25) is 0 Å². The molecule has 5 heteroatoms. The highest BCUT2D eigenvalue weighted by Gasteiger charge is 2.16. The topological polar surface area (TPSA) is 62.5 Å². The van der Waals surface area contributed by atoms with Gasteiger partial charge in [-0.25, -0.2) is 0 Å². The van der Waals surface area contributed by atoms with Crippen molar-refractivity contribution >= 4 is 17.5 Å². The number of aliphatic hydroxyl groups is 1. The molecule has 14 heavy (non-hydrogen) atoms. The van der Waals surface area contributed by atoms with Crippen molar-refractivity contribution in [2.24, 2.45) is 0 Å². The average Bonchev–Trinajstić information content (AvgIpc) is 2.46. The molecule has 0 aromatic carbocycles. The van der Waals surface area contributed by atoms with E-state index in [0.29, 0.717) is 0 Å². The van der Waals surface area contributed by atoms with Gasteiger partial charge in [-0.2, -0.15) is 0 Å². The molecule has 1 rings (SSSR count). The predicted octanol–water partition coefficient (Wildman–Crippen LogP) is 1.43. The number of carbonyl (C=O) groups excluding carboxylic acids is 1. The SMILES string of the molecule is CC(C)(O)CNC(=O)c1ccc(Cl)o1. The Labute approximate surface area is 86.9 Å². The van der Waals surface area contributed by atoms with Crippen LogP contribution in [-0.2, 0) is 0 Å². The first-order valence-corrected chi connectivity index (χ1v) is 4.52. The third kappa shape index (κ3) is 3.40. The summed E-state index contributed by atoms with van der Waals surface area (Å²) in [7, 11) is 0. The first-order chi connectivity index (χ1) is 6.38. The Morgan fingerprint density at radius 2 is 2.29 bits per heavy atom. The Kier molecular flexibility index (Phi) is 3.18. The molecule has 2 N–H and O–H groups in total. The lowest BCUT2D eigenvalue weighted by molar-refractivity contribution is 0.0681. The van der Waals surface area contributed by atoms with Crippen LogP contribution in [0.2, 0.25) is 5.22 Å². The van der Waals surface area contributed by atoms with Crippen LogP contribution in [0.5, 0.6) is 0 Å². The van der Waals surface area contributed by atoms with Crippen LogP contribution in [0.25, 0.3) is 0 Å². The number of furan rings is 1. The number of hydrogen-bond donors (Lipinski definition) is 2. The maximum Gasteiger partial charge on any atom is 0.287 e. The first-order valence-electron chi connectivity index (χ1n) is 4.14. The summed E-state index contributed by atoms with van der Waals surface area (Å²) in [6, 6.07) is 2.96. The van der Waals surface area contributed by atoms with Crippen molar-refractivity contribution in [2.45, 2.75) is 19.4 Å². The standard InChI is InChI=1S/C9H12ClNO3/c1-9(2,13)5-11-8(12)6-3-4-7(10)14-6/h3-4,13H,5H2,1-2H3,(H,11,12). The molecule has 78 valence electrons. The molecule has 0 bridgehead atoms. The van der Waals surface area contributed by atoms with Gasteiger partial charge in [0.05, 0.1) is 5.60 Å². The Balaban J connectivity index is 2.52. The maximum absolute atomic E-state index is 11.3. The summed E-state index contributed by atoms with van der Waals surface area (Å²) in [5.74, 6) is -0.252. The summed E-state index contributed by atoms with van der Waals surface area (Å²) in [5, 5.41) is 12.0. The molecule has 0 radical (unpaired) electrons. The Morgan fingerprint density at radius 1 is 1.64 bits per heavy atom. The minimum absolute atomic E-state index is 0.138. The second kappa shape index (κ2) is 4.02. The second-order valence-corrected chi connectivity index (χ2v) is 3.97. The molecule has 0 atom stereocenters. The molecule has 0 aliphatic heterocycles. The lowest BCUT2D eigenvalue weighted by atomic mass is 10.1. The zero-order chi connectivity index (χ0) is 10.8. The fourth-order valence-corrected chi connectivity index (χ4v) is 0.966. The highest BCUT2D eigenvalue weighted by molar-refractivity contribution is 6.29. The molecule has 1 amide bonds. The van der Waals surface area contributed by atoms with E-state index < -0.39 is 5.60 Å². The van der Waals surface area contributed by atoms with E-state index in [9.17, 15) is 9.90 Å². The van der Waals surface area contributed by atoms with Crippen molar-refractivity contribution < 1.29 is 14.3 Å². The largest absolute Gasteiger partial charge is 0.440 e. The van der Waals surface area contributed by atoms with Crippen molar-refractivity contribution in [3.63, 3.8) is 0 Å². The predicted molar refractivity (Wildman–Crippen MR) is 52.3 cm³/mol. The summed E-state index contributed by atoms with van der Waals surface area (Å²) in [5.41, 5.74) is -0.938. The maximum atomic E-state index is 11.3. The smallest absolute Gasteiger partial charge is 0.287 e. The summed E-state index contributed by atoms with van der Waals surface area (Å²) in [4.78, 5) is 11.3. The van der Waals surface area contributed by atoms with E-state index in [1.807, 2.05) is 0 Å². The number of amides is 1.